The molecule has 0 aromatic carbocycles. The predicted molar refractivity (Wildman–Crippen MR) is 85.2 cm³/mol. The fourth-order valence-corrected chi connectivity index (χ4v) is 2.21. The molecule has 0 aromatic rings. The Morgan fingerprint density at radius 3 is 1.95 bits per heavy atom. The smallest absolute Gasteiger partial charge is 0.122 e. The highest BCUT2D eigenvalue weighted by Gasteiger charge is 2.15. The van der Waals surface area contributed by atoms with Crippen LogP contribution >= 0.6 is 0 Å². The first kappa shape index (κ1) is 18.5. The molecule has 0 fully saturated rings. The topological polar surface area (TPSA) is 20.2 Å². The Hall–Kier alpha value is -0.480. The van der Waals surface area contributed by atoms with E-state index < -0.39 is 5.60 Å². The number of unbranched alkanes of at least 4 members (excludes halogenated alkanes) is 9. The maximum absolute atomic E-state index is 10.1. The molecule has 112 valence electrons. The van der Waals surface area contributed by atoms with Crippen LogP contribution in [0.2, 0.25) is 0 Å². The number of hydrogen-bond acceptors (Lipinski definition) is 1. The minimum absolute atomic E-state index is 0.768. The molecule has 1 nitrogen and oxygen atoms in total. The Morgan fingerprint density at radius 1 is 0.789 bits per heavy atom. The van der Waals surface area contributed by atoms with Gasteiger partial charge >= 0.3 is 0 Å². The van der Waals surface area contributed by atoms with Gasteiger partial charge in [0.2, 0.25) is 0 Å². The fraction of sp³-hybridized carbons (Fsp3) is 0.889. The zero-order chi connectivity index (χ0) is 14.4. The standard InChI is InChI=1S/C18H34O/c1-4-6-8-10-12-14-16-18(3,19)17-15-13-11-9-7-5-2/h19H,4-14,16H2,1-3H3. The molecule has 0 radical (unpaired) electrons. The van der Waals surface area contributed by atoms with Gasteiger partial charge in [-0.05, 0) is 26.2 Å². The van der Waals surface area contributed by atoms with Gasteiger partial charge in [0.25, 0.3) is 0 Å². The third-order valence-corrected chi connectivity index (χ3v) is 3.53. The lowest BCUT2D eigenvalue weighted by atomic mass is 9.98. The summed E-state index contributed by atoms with van der Waals surface area (Å²) in [6.45, 7) is 6.32. The zero-order valence-corrected chi connectivity index (χ0v) is 13.4. The highest BCUT2D eigenvalue weighted by Crippen LogP contribution is 2.15. The van der Waals surface area contributed by atoms with E-state index in [4.69, 9.17) is 0 Å². The van der Waals surface area contributed by atoms with Gasteiger partial charge in [-0.25, -0.2) is 0 Å². The molecule has 0 rings (SSSR count). The van der Waals surface area contributed by atoms with E-state index in [1.54, 1.807) is 0 Å². The molecule has 0 aliphatic heterocycles. The van der Waals surface area contributed by atoms with Crippen molar-refractivity contribution in [2.75, 3.05) is 0 Å². The molecule has 1 unspecified atom stereocenters. The molecule has 0 saturated carbocycles. The largest absolute Gasteiger partial charge is 0.378 e. The lowest BCUT2D eigenvalue weighted by molar-refractivity contribution is 0.109. The maximum atomic E-state index is 10.1. The van der Waals surface area contributed by atoms with Crippen molar-refractivity contribution in [3.8, 4) is 11.8 Å². The van der Waals surface area contributed by atoms with Gasteiger partial charge in [-0.1, -0.05) is 71.1 Å². The first-order chi connectivity index (χ1) is 9.12. The molecule has 0 saturated heterocycles. The fourth-order valence-electron chi connectivity index (χ4n) is 2.21. The van der Waals surface area contributed by atoms with E-state index in [0.717, 1.165) is 19.3 Å². The summed E-state index contributed by atoms with van der Waals surface area (Å²) in [7, 11) is 0. The average molecular weight is 266 g/mol. The van der Waals surface area contributed by atoms with Gasteiger partial charge in [-0.15, -0.1) is 5.92 Å². The van der Waals surface area contributed by atoms with Crippen molar-refractivity contribution in [2.45, 2.75) is 103 Å². The summed E-state index contributed by atoms with van der Waals surface area (Å²) in [6.07, 6.45) is 14.4. The summed E-state index contributed by atoms with van der Waals surface area (Å²) >= 11 is 0. The second-order valence-electron chi connectivity index (χ2n) is 5.90. The van der Waals surface area contributed by atoms with Crippen LogP contribution in [0.15, 0.2) is 0 Å². The van der Waals surface area contributed by atoms with Crippen molar-refractivity contribution in [1.29, 1.82) is 0 Å². The normalized spacial score (nSPS) is 13.7. The minimum Gasteiger partial charge on any atom is -0.378 e. The lowest BCUT2D eigenvalue weighted by Crippen LogP contribution is -2.21. The molecular weight excluding hydrogens is 232 g/mol. The van der Waals surface area contributed by atoms with E-state index in [1.165, 1.54) is 57.8 Å². The summed E-state index contributed by atoms with van der Waals surface area (Å²) in [5.41, 5.74) is -0.768. The third-order valence-electron chi connectivity index (χ3n) is 3.53. The average Bonchev–Trinajstić information content (AvgIpc) is 2.38. The number of rotatable bonds is 11. The van der Waals surface area contributed by atoms with Crippen LogP contribution in [0, 0.1) is 11.8 Å². The summed E-state index contributed by atoms with van der Waals surface area (Å²) in [5, 5.41) is 10.1. The Morgan fingerprint density at radius 2 is 1.32 bits per heavy atom. The molecule has 19 heavy (non-hydrogen) atoms. The quantitative estimate of drug-likeness (QED) is 0.389. The molecule has 0 amide bonds. The van der Waals surface area contributed by atoms with E-state index in [1.807, 2.05) is 6.92 Å². The first-order valence-electron chi connectivity index (χ1n) is 8.34. The van der Waals surface area contributed by atoms with Crippen molar-refractivity contribution in [2.24, 2.45) is 0 Å². The van der Waals surface area contributed by atoms with Gasteiger partial charge in [-0.3, -0.25) is 0 Å². The van der Waals surface area contributed by atoms with Gasteiger partial charge in [-0.2, -0.15) is 0 Å². The Balaban J connectivity index is 3.58. The predicted octanol–water partition coefficient (Wildman–Crippen LogP) is 5.46. The number of hydrogen-bond donors (Lipinski definition) is 1. The van der Waals surface area contributed by atoms with Crippen molar-refractivity contribution < 1.29 is 5.11 Å². The van der Waals surface area contributed by atoms with Crippen molar-refractivity contribution in [1.82, 2.24) is 0 Å². The molecule has 0 aromatic heterocycles. The van der Waals surface area contributed by atoms with E-state index >= 15 is 0 Å². The van der Waals surface area contributed by atoms with Gasteiger partial charge in [0.15, 0.2) is 0 Å². The van der Waals surface area contributed by atoms with Crippen LogP contribution in [0.4, 0.5) is 0 Å². The molecule has 0 heterocycles. The number of aliphatic hydroxyl groups is 1. The maximum Gasteiger partial charge on any atom is 0.122 e. The molecular formula is C18H34O. The monoisotopic (exact) mass is 266 g/mol. The van der Waals surface area contributed by atoms with E-state index in [2.05, 4.69) is 25.7 Å². The molecule has 0 spiro atoms. The van der Waals surface area contributed by atoms with Crippen molar-refractivity contribution in [3.63, 3.8) is 0 Å². The van der Waals surface area contributed by atoms with Crippen molar-refractivity contribution in [3.05, 3.63) is 0 Å². The van der Waals surface area contributed by atoms with Crippen LogP contribution in [0.25, 0.3) is 0 Å². The summed E-state index contributed by atoms with van der Waals surface area (Å²) in [5.74, 6) is 6.19. The molecule has 0 aliphatic carbocycles. The Bertz CT molecular complexity index is 244. The van der Waals surface area contributed by atoms with Gasteiger partial charge in [0, 0.05) is 6.42 Å². The van der Waals surface area contributed by atoms with Gasteiger partial charge in [0.05, 0.1) is 0 Å². The van der Waals surface area contributed by atoms with Crippen LogP contribution in [-0.2, 0) is 0 Å². The van der Waals surface area contributed by atoms with Crippen LogP contribution < -0.4 is 0 Å². The second kappa shape index (κ2) is 12.5. The summed E-state index contributed by atoms with van der Waals surface area (Å²) in [4.78, 5) is 0. The third kappa shape index (κ3) is 13.7. The van der Waals surface area contributed by atoms with Crippen LogP contribution in [0.3, 0.4) is 0 Å². The summed E-state index contributed by atoms with van der Waals surface area (Å²) < 4.78 is 0. The Labute approximate surface area is 121 Å². The van der Waals surface area contributed by atoms with Crippen molar-refractivity contribution >= 4 is 0 Å². The highest BCUT2D eigenvalue weighted by molar-refractivity contribution is 5.11. The molecule has 1 heteroatoms. The highest BCUT2D eigenvalue weighted by atomic mass is 16.3. The molecule has 0 aliphatic rings. The Kier molecular flexibility index (Phi) is 12.2. The van der Waals surface area contributed by atoms with Gasteiger partial charge in [0.1, 0.15) is 5.60 Å². The second-order valence-corrected chi connectivity index (χ2v) is 5.90. The van der Waals surface area contributed by atoms with Crippen LogP contribution in [0.1, 0.15) is 97.8 Å². The summed E-state index contributed by atoms with van der Waals surface area (Å²) in [6, 6.07) is 0. The van der Waals surface area contributed by atoms with E-state index in [9.17, 15) is 5.11 Å². The molecule has 0 bridgehead atoms. The minimum atomic E-state index is -0.768. The van der Waals surface area contributed by atoms with E-state index in [0.29, 0.717) is 0 Å². The van der Waals surface area contributed by atoms with Crippen LogP contribution in [0.5, 0.6) is 0 Å². The van der Waals surface area contributed by atoms with Gasteiger partial charge < -0.3 is 5.11 Å². The SMILES string of the molecule is CCCCCCC#CC(C)(O)CCCCCCCC. The van der Waals surface area contributed by atoms with E-state index in [-0.39, 0.29) is 0 Å². The van der Waals surface area contributed by atoms with Crippen LogP contribution in [-0.4, -0.2) is 10.7 Å². The molecule has 1 N–H and O–H groups in total. The zero-order valence-electron chi connectivity index (χ0n) is 13.4. The molecule has 1 atom stereocenters. The first-order valence-corrected chi connectivity index (χ1v) is 8.34. The lowest BCUT2D eigenvalue weighted by Gasteiger charge is -2.15.